The lowest BCUT2D eigenvalue weighted by Crippen LogP contribution is -2.37. The fraction of sp³-hybridized carbons (Fsp3) is 0.400. The number of rotatable bonds is 5. The molecule has 0 radical (unpaired) electrons. The maximum Gasteiger partial charge on any atom is 0.263 e. The summed E-state index contributed by atoms with van der Waals surface area (Å²) >= 11 is 1.44. The van der Waals surface area contributed by atoms with Gasteiger partial charge in [-0.25, -0.2) is 0 Å². The zero-order valence-electron chi connectivity index (χ0n) is 16.3. The summed E-state index contributed by atoms with van der Waals surface area (Å²) in [7, 11) is 4.56. The zero-order valence-corrected chi connectivity index (χ0v) is 17.1. The van der Waals surface area contributed by atoms with Gasteiger partial charge in [-0.2, -0.15) is 0 Å². The van der Waals surface area contributed by atoms with Crippen LogP contribution >= 0.6 is 11.3 Å². The Labute approximate surface area is 168 Å². The number of carbonyl (C=O) groups is 2. The van der Waals surface area contributed by atoms with Gasteiger partial charge in [-0.3, -0.25) is 9.59 Å². The van der Waals surface area contributed by atoms with E-state index in [1.54, 1.807) is 17.0 Å². The van der Waals surface area contributed by atoms with Gasteiger partial charge < -0.3 is 24.0 Å². The van der Waals surface area contributed by atoms with Gasteiger partial charge in [0.15, 0.2) is 11.5 Å². The van der Waals surface area contributed by atoms with Crippen molar-refractivity contribution in [3.8, 4) is 17.2 Å². The molecule has 3 rings (SSSR count). The molecule has 2 amide bonds. The van der Waals surface area contributed by atoms with Crippen molar-refractivity contribution in [2.75, 3.05) is 47.5 Å². The van der Waals surface area contributed by atoms with Gasteiger partial charge in [-0.05, 0) is 30.0 Å². The van der Waals surface area contributed by atoms with Crippen LogP contribution in [0.1, 0.15) is 26.5 Å². The third-order valence-electron chi connectivity index (χ3n) is 4.71. The Balaban J connectivity index is 1.75. The highest BCUT2D eigenvalue weighted by Gasteiger charge is 2.25. The molecule has 1 aliphatic heterocycles. The van der Waals surface area contributed by atoms with Crippen LogP contribution in [0.25, 0.3) is 0 Å². The van der Waals surface area contributed by atoms with E-state index in [4.69, 9.17) is 14.2 Å². The molecule has 1 saturated heterocycles. The second-order valence-electron chi connectivity index (χ2n) is 6.33. The van der Waals surface area contributed by atoms with Crippen molar-refractivity contribution in [2.45, 2.75) is 6.42 Å². The Morgan fingerprint density at radius 3 is 2.00 bits per heavy atom. The number of thiophene rings is 1. The second kappa shape index (κ2) is 8.97. The SMILES string of the molecule is COc1cc(C(=O)N2CCCN(C(=O)c3cccs3)CC2)cc(OC)c1OC. The lowest BCUT2D eigenvalue weighted by Gasteiger charge is -2.22. The molecule has 0 spiro atoms. The number of hydrogen-bond donors (Lipinski definition) is 0. The first-order valence-corrected chi connectivity index (χ1v) is 9.89. The van der Waals surface area contributed by atoms with Gasteiger partial charge in [0.05, 0.1) is 26.2 Å². The molecule has 0 aliphatic carbocycles. The van der Waals surface area contributed by atoms with Crippen LogP contribution in [-0.2, 0) is 0 Å². The van der Waals surface area contributed by atoms with Crippen LogP contribution in [0.3, 0.4) is 0 Å². The topological polar surface area (TPSA) is 68.3 Å². The van der Waals surface area contributed by atoms with E-state index >= 15 is 0 Å². The van der Waals surface area contributed by atoms with Crippen molar-refractivity contribution >= 4 is 23.2 Å². The fourth-order valence-corrected chi connectivity index (χ4v) is 3.96. The van der Waals surface area contributed by atoms with Gasteiger partial charge in [0.25, 0.3) is 11.8 Å². The third kappa shape index (κ3) is 4.06. The third-order valence-corrected chi connectivity index (χ3v) is 5.57. The van der Waals surface area contributed by atoms with E-state index in [1.807, 2.05) is 22.4 Å². The number of benzene rings is 1. The van der Waals surface area contributed by atoms with Crippen molar-refractivity contribution < 1.29 is 23.8 Å². The second-order valence-corrected chi connectivity index (χ2v) is 7.28. The molecule has 28 heavy (non-hydrogen) atoms. The van der Waals surface area contributed by atoms with Gasteiger partial charge in [-0.15, -0.1) is 11.3 Å². The van der Waals surface area contributed by atoms with E-state index < -0.39 is 0 Å². The molecule has 150 valence electrons. The minimum Gasteiger partial charge on any atom is -0.493 e. The van der Waals surface area contributed by atoms with Crippen LogP contribution in [0.4, 0.5) is 0 Å². The number of carbonyl (C=O) groups excluding carboxylic acids is 2. The van der Waals surface area contributed by atoms with E-state index in [9.17, 15) is 9.59 Å². The largest absolute Gasteiger partial charge is 0.493 e. The van der Waals surface area contributed by atoms with Crippen molar-refractivity contribution in [2.24, 2.45) is 0 Å². The molecule has 0 unspecified atom stereocenters. The van der Waals surface area contributed by atoms with E-state index in [0.29, 0.717) is 49.0 Å². The molecule has 2 aromatic rings. The highest BCUT2D eigenvalue weighted by atomic mass is 32.1. The van der Waals surface area contributed by atoms with Gasteiger partial charge in [-0.1, -0.05) is 6.07 Å². The fourth-order valence-electron chi connectivity index (χ4n) is 3.27. The molecular formula is C20H24N2O5S. The highest BCUT2D eigenvalue weighted by Crippen LogP contribution is 2.38. The average Bonchev–Trinajstić information content (AvgIpc) is 3.16. The Morgan fingerprint density at radius 2 is 1.50 bits per heavy atom. The number of amides is 2. The molecule has 8 heteroatoms. The molecule has 1 aromatic carbocycles. The van der Waals surface area contributed by atoms with E-state index in [2.05, 4.69) is 0 Å². The maximum absolute atomic E-state index is 13.1. The van der Waals surface area contributed by atoms with Crippen LogP contribution in [0.5, 0.6) is 17.2 Å². The quantitative estimate of drug-likeness (QED) is 0.767. The van der Waals surface area contributed by atoms with E-state index in [-0.39, 0.29) is 11.8 Å². The van der Waals surface area contributed by atoms with Crippen molar-refractivity contribution in [3.63, 3.8) is 0 Å². The number of nitrogens with zero attached hydrogens (tertiary/aromatic N) is 2. The summed E-state index contributed by atoms with van der Waals surface area (Å²) < 4.78 is 16.0. The van der Waals surface area contributed by atoms with Gasteiger partial charge in [0.1, 0.15) is 0 Å². The lowest BCUT2D eigenvalue weighted by atomic mass is 10.1. The highest BCUT2D eigenvalue weighted by molar-refractivity contribution is 7.12. The molecule has 1 fully saturated rings. The van der Waals surface area contributed by atoms with E-state index in [1.165, 1.54) is 32.7 Å². The molecule has 0 atom stereocenters. The van der Waals surface area contributed by atoms with Crippen LogP contribution < -0.4 is 14.2 Å². The molecule has 0 saturated carbocycles. The molecule has 7 nitrogen and oxygen atoms in total. The average molecular weight is 404 g/mol. The summed E-state index contributed by atoms with van der Waals surface area (Å²) in [4.78, 5) is 30.0. The molecule has 1 aliphatic rings. The molecule has 0 N–H and O–H groups in total. The molecule has 1 aromatic heterocycles. The van der Waals surface area contributed by atoms with Crippen molar-refractivity contribution in [3.05, 3.63) is 40.1 Å². The molecule has 0 bridgehead atoms. The Morgan fingerprint density at radius 1 is 0.893 bits per heavy atom. The first-order valence-electron chi connectivity index (χ1n) is 9.01. The number of hydrogen-bond acceptors (Lipinski definition) is 6. The van der Waals surface area contributed by atoms with Crippen molar-refractivity contribution in [1.29, 1.82) is 0 Å². The minimum absolute atomic E-state index is 0.0251. The number of ether oxygens (including phenoxy) is 3. The summed E-state index contributed by atoms with van der Waals surface area (Å²) in [6.45, 7) is 2.21. The molecular weight excluding hydrogens is 380 g/mol. The van der Waals surface area contributed by atoms with Crippen LogP contribution in [0.15, 0.2) is 29.6 Å². The summed E-state index contributed by atoms with van der Waals surface area (Å²) in [6.07, 6.45) is 0.729. The minimum atomic E-state index is -0.121. The van der Waals surface area contributed by atoms with Crippen LogP contribution in [0.2, 0.25) is 0 Å². The van der Waals surface area contributed by atoms with Gasteiger partial charge >= 0.3 is 0 Å². The lowest BCUT2D eigenvalue weighted by molar-refractivity contribution is 0.0720. The standard InChI is InChI=1S/C20H24N2O5S/c1-25-15-12-14(13-16(26-2)18(15)27-3)19(23)21-7-5-8-22(10-9-21)20(24)17-6-4-11-28-17/h4,6,11-13H,5,7-10H2,1-3H3. The number of methoxy groups -OCH3 is 3. The Hall–Kier alpha value is -2.74. The molecule has 2 heterocycles. The normalized spacial score (nSPS) is 14.4. The Kier molecular flexibility index (Phi) is 6.41. The predicted molar refractivity (Wildman–Crippen MR) is 107 cm³/mol. The van der Waals surface area contributed by atoms with E-state index in [0.717, 1.165) is 11.3 Å². The van der Waals surface area contributed by atoms with Crippen molar-refractivity contribution in [1.82, 2.24) is 9.80 Å². The summed E-state index contributed by atoms with van der Waals surface area (Å²) in [5.74, 6) is 1.23. The summed E-state index contributed by atoms with van der Waals surface area (Å²) in [5.41, 5.74) is 0.465. The first-order chi connectivity index (χ1) is 13.6. The first kappa shape index (κ1) is 20.0. The predicted octanol–water partition coefficient (Wildman–Crippen LogP) is 2.76. The summed E-state index contributed by atoms with van der Waals surface area (Å²) in [5, 5.41) is 1.89. The van der Waals surface area contributed by atoms with Gasteiger partial charge in [0, 0.05) is 31.7 Å². The van der Waals surface area contributed by atoms with Crippen LogP contribution in [0, 0.1) is 0 Å². The van der Waals surface area contributed by atoms with Crippen LogP contribution in [-0.4, -0.2) is 69.1 Å². The monoisotopic (exact) mass is 404 g/mol. The zero-order chi connectivity index (χ0) is 20.1. The van der Waals surface area contributed by atoms with Gasteiger partial charge in [0.2, 0.25) is 5.75 Å². The maximum atomic E-state index is 13.1. The smallest absolute Gasteiger partial charge is 0.263 e. The Bertz CT molecular complexity index is 812. The summed E-state index contributed by atoms with van der Waals surface area (Å²) in [6, 6.07) is 7.01.